The summed E-state index contributed by atoms with van der Waals surface area (Å²) in [7, 11) is 0. The average molecular weight is 381 g/mol. The topological polar surface area (TPSA) is 72.9 Å². The van der Waals surface area contributed by atoms with Crippen LogP contribution in [-0.2, 0) is 9.47 Å². The van der Waals surface area contributed by atoms with Crippen molar-refractivity contribution in [2.75, 3.05) is 44.4 Å². The van der Waals surface area contributed by atoms with Crippen molar-refractivity contribution in [3.8, 4) is 5.75 Å². The van der Waals surface area contributed by atoms with Gasteiger partial charge in [0, 0.05) is 25.2 Å². The molecule has 1 N–H and O–H groups in total. The second-order valence-electron chi connectivity index (χ2n) is 7.32. The van der Waals surface area contributed by atoms with Crippen LogP contribution in [0.25, 0.3) is 0 Å². The minimum atomic E-state index is -0.606. The van der Waals surface area contributed by atoms with Crippen LogP contribution in [0.4, 0.5) is 15.0 Å². The highest BCUT2D eigenvalue weighted by Crippen LogP contribution is 2.22. The van der Waals surface area contributed by atoms with Gasteiger partial charge in [-0.2, -0.15) is 0 Å². The van der Waals surface area contributed by atoms with Crippen molar-refractivity contribution in [1.29, 1.82) is 0 Å². The van der Waals surface area contributed by atoms with E-state index >= 15 is 0 Å². The maximum atomic E-state index is 13.1. The molecule has 1 fully saturated rings. The molecule has 150 valence electrons. The first-order valence-electron chi connectivity index (χ1n) is 8.95. The first-order valence-corrected chi connectivity index (χ1v) is 8.95. The molecule has 1 aliphatic heterocycles. The van der Waals surface area contributed by atoms with Gasteiger partial charge >= 0.3 is 6.09 Å². The maximum absolute atomic E-state index is 13.1. The third kappa shape index (κ3) is 7.05. The summed E-state index contributed by atoms with van der Waals surface area (Å²) in [5.41, 5.74) is 0.661. The first-order chi connectivity index (χ1) is 12.8. The lowest BCUT2D eigenvalue weighted by atomic mass is 10.2. The molecule has 1 aromatic rings. The molecular formula is C19H28FN3O4. The van der Waals surface area contributed by atoms with E-state index in [0.29, 0.717) is 25.3 Å². The van der Waals surface area contributed by atoms with Gasteiger partial charge < -0.3 is 24.4 Å². The number of amides is 1. The largest absolute Gasteiger partial charge is 0.487 e. The van der Waals surface area contributed by atoms with Gasteiger partial charge in [-0.25, -0.2) is 14.2 Å². The molecule has 0 atom stereocenters. The number of aryl methyl sites for hydroxylation is 1. The Hall–Kier alpha value is -2.35. The molecule has 2 heterocycles. The predicted molar refractivity (Wildman–Crippen MR) is 101 cm³/mol. The van der Waals surface area contributed by atoms with E-state index in [1.165, 1.54) is 0 Å². The predicted octanol–water partition coefficient (Wildman–Crippen LogP) is 2.98. The zero-order chi connectivity index (χ0) is 19.9. The number of carbonyl (C=O) groups excluding carboxylic acids is 1. The summed E-state index contributed by atoms with van der Waals surface area (Å²) in [4.78, 5) is 18.3. The van der Waals surface area contributed by atoms with E-state index in [1.807, 2.05) is 13.0 Å². The van der Waals surface area contributed by atoms with Gasteiger partial charge in [-0.3, -0.25) is 0 Å². The van der Waals surface area contributed by atoms with E-state index in [1.54, 1.807) is 27.0 Å². The van der Waals surface area contributed by atoms with Crippen molar-refractivity contribution >= 4 is 11.9 Å². The van der Waals surface area contributed by atoms with Crippen LogP contribution in [0, 0.1) is 6.92 Å². The number of alkyl carbamates (subject to hydrolysis) is 1. The number of pyridine rings is 1. The number of ether oxygens (including phenoxy) is 3. The lowest BCUT2D eigenvalue weighted by molar-refractivity contribution is 0.0531. The van der Waals surface area contributed by atoms with Crippen molar-refractivity contribution in [2.24, 2.45) is 0 Å². The highest BCUT2D eigenvalue weighted by Gasteiger charge is 2.17. The van der Waals surface area contributed by atoms with Gasteiger partial charge in [-0.15, -0.1) is 0 Å². The summed E-state index contributed by atoms with van der Waals surface area (Å²) in [6.45, 7) is 10.2. The van der Waals surface area contributed by atoms with Crippen LogP contribution in [-0.4, -0.2) is 56.1 Å². The summed E-state index contributed by atoms with van der Waals surface area (Å²) >= 11 is 0. The highest BCUT2D eigenvalue weighted by atomic mass is 19.1. The van der Waals surface area contributed by atoms with E-state index in [9.17, 15) is 9.18 Å². The number of morpholine rings is 1. The quantitative estimate of drug-likeness (QED) is 0.817. The number of hydrogen-bond acceptors (Lipinski definition) is 6. The van der Waals surface area contributed by atoms with Crippen LogP contribution in [0.2, 0.25) is 0 Å². The van der Waals surface area contributed by atoms with Crippen LogP contribution in [0.3, 0.4) is 0 Å². The molecule has 0 unspecified atom stereocenters. The Bertz CT molecular complexity index is 667. The molecule has 8 heteroatoms. The second kappa shape index (κ2) is 9.55. The Balaban J connectivity index is 1.85. The number of aromatic nitrogens is 1. The van der Waals surface area contributed by atoms with Gasteiger partial charge in [0.25, 0.3) is 0 Å². The Morgan fingerprint density at radius 3 is 2.70 bits per heavy atom. The zero-order valence-electron chi connectivity index (χ0n) is 16.4. The van der Waals surface area contributed by atoms with Crippen LogP contribution in [0.5, 0.6) is 5.75 Å². The molecule has 27 heavy (non-hydrogen) atoms. The molecule has 0 aromatic carbocycles. The molecule has 7 nitrogen and oxygen atoms in total. The van der Waals surface area contributed by atoms with Crippen molar-refractivity contribution < 1.29 is 23.4 Å². The molecule has 0 spiro atoms. The van der Waals surface area contributed by atoms with E-state index < -0.39 is 11.7 Å². The Morgan fingerprint density at radius 2 is 2.11 bits per heavy atom. The second-order valence-corrected chi connectivity index (χ2v) is 7.32. The number of nitrogens with zero attached hydrogens (tertiary/aromatic N) is 2. The van der Waals surface area contributed by atoms with E-state index in [0.717, 1.165) is 24.5 Å². The van der Waals surface area contributed by atoms with E-state index in [4.69, 9.17) is 14.2 Å². The number of rotatable bonds is 6. The van der Waals surface area contributed by atoms with E-state index in [-0.39, 0.29) is 18.7 Å². The molecule has 1 aliphatic rings. The summed E-state index contributed by atoms with van der Waals surface area (Å²) < 4.78 is 29.1. The zero-order valence-corrected chi connectivity index (χ0v) is 16.4. The van der Waals surface area contributed by atoms with Gasteiger partial charge in [-0.1, -0.05) is 0 Å². The fraction of sp³-hybridized carbons (Fsp3) is 0.579. The standard InChI is InChI=1S/C19H28FN3O4/c1-14-9-16(12-21-17(14)23-5-7-25-8-6-23)26-13-15(10-20)11-22-18(24)27-19(2,3)4/h9-10,12H,5-8,11,13H2,1-4H3,(H,22,24). The number of carbonyl (C=O) groups is 1. The smallest absolute Gasteiger partial charge is 0.407 e. The average Bonchev–Trinajstić information content (AvgIpc) is 2.61. The fourth-order valence-corrected chi connectivity index (χ4v) is 2.52. The van der Waals surface area contributed by atoms with Crippen LogP contribution < -0.4 is 15.0 Å². The van der Waals surface area contributed by atoms with Gasteiger partial charge in [0.2, 0.25) is 0 Å². The minimum absolute atomic E-state index is 0.00366. The third-order valence-electron chi connectivity index (χ3n) is 3.77. The molecule has 1 amide bonds. The normalized spacial score (nSPS) is 15.4. The van der Waals surface area contributed by atoms with Crippen molar-refractivity contribution in [1.82, 2.24) is 10.3 Å². The molecule has 1 aromatic heterocycles. The summed E-state index contributed by atoms with van der Waals surface area (Å²) in [6.07, 6.45) is 1.45. The van der Waals surface area contributed by atoms with Gasteiger partial charge in [0.05, 0.1) is 25.7 Å². The lowest BCUT2D eigenvalue weighted by Gasteiger charge is -2.29. The fourth-order valence-electron chi connectivity index (χ4n) is 2.52. The van der Waals surface area contributed by atoms with Gasteiger partial charge in [0.1, 0.15) is 23.8 Å². The Labute approximate surface area is 159 Å². The molecule has 0 saturated carbocycles. The van der Waals surface area contributed by atoms with Crippen LogP contribution in [0.1, 0.15) is 26.3 Å². The highest BCUT2D eigenvalue weighted by molar-refractivity contribution is 5.68. The molecule has 2 rings (SSSR count). The molecular weight excluding hydrogens is 353 g/mol. The summed E-state index contributed by atoms with van der Waals surface area (Å²) in [5.74, 6) is 1.44. The number of nitrogens with one attached hydrogen (secondary N) is 1. The van der Waals surface area contributed by atoms with Gasteiger partial charge in [-0.05, 0) is 39.3 Å². The SMILES string of the molecule is Cc1cc(OCC(=CF)CNC(=O)OC(C)(C)C)cnc1N1CCOCC1. The molecule has 1 saturated heterocycles. The van der Waals surface area contributed by atoms with E-state index in [2.05, 4.69) is 15.2 Å². The van der Waals surface area contributed by atoms with Crippen molar-refractivity contribution in [3.05, 3.63) is 29.7 Å². The lowest BCUT2D eigenvalue weighted by Crippen LogP contribution is -2.37. The first kappa shape index (κ1) is 21.0. The van der Waals surface area contributed by atoms with Crippen LogP contribution >= 0.6 is 0 Å². The maximum Gasteiger partial charge on any atom is 0.407 e. The summed E-state index contributed by atoms with van der Waals surface area (Å²) in [5, 5.41) is 2.51. The number of halogens is 1. The van der Waals surface area contributed by atoms with Crippen molar-refractivity contribution in [3.63, 3.8) is 0 Å². The summed E-state index contributed by atoms with van der Waals surface area (Å²) in [6, 6.07) is 1.87. The number of anilines is 1. The van der Waals surface area contributed by atoms with Crippen LogP contribution in [0.15, 0.2) is 24.2 Å². The van der Waals surface area contributed by atoms with Gasteiger partial charge in [0.15, 0.2) is 0 Å². The molecule has 0 radical (unpaired) electrons. The Morgan fingerprint density at radius 1 is 1.41 bits per heavy atom. The van der Waals surface area contributed by atoms with Crippen molar-refractivity contribution in [2.45, 2.75) is 33.3 Å². The minimum Gasteiger partial charge on any atom is -0.487 e. The molecule has 0 aliphatic carbocycles. The third-order valence-corrected chi connectivity index (χ3v) is 3.77. The molecule has 0 bridgehead atoms. The monoisotopic (exact) mass is 381 g/mol. The number of hydrogen-bond donors (Lipinski definition) is 1. The Kier molecular flexibility index (Phi) is 7.41.